The second kappa shape index (κ2) is 11.1. The molecule has 2 aromatic rings. The highest BCUT2D eigenvalue weighted by molar-refractivity contribution is 5.94. The number of pyridine rings is 1. The van der Waals surface area contributed by atoms with E-state index in [2.05, 4.69) is 39.7 Å². The van der Waals surface area contributed by atoms with Gasteiger partial charge in [0, 0.05) is 42.3 Å². The van der Waals surface area contributed by atoms with E-state index in [0.717, 1.165) is 12.2 Å². The Kier molecular flexibility index (Phi) is 7.87. The maximum atomic E-state index is 14.2. The Morgan fingerprint density at radius 1 is 1.15 bits per heavy atom. The van der Waals surface area contributed by atoms with Gasteiger partial charge in [0.2, 0.25) is 6.43 Å². The van der Waals surface area contributed by atoms with Crippen LogP contribution >= 0.6 is 0 Å². The molecule has 0 aromatic carbocycles. The van der Waals surface area contributed by atoms with Crippen LogP contribution in [0.5, 0.6) is 0 Å². The van der Waals surface area contributed by atoms with Crippen LogP contribution in [-0.2, 0) is 0 Å². The molecule has 1 saturated heterocycles. The molecule has 3 aliphatic carbocycles. The number of alkyl halides is 2. The maximum Gasteiger partial charge on any atom is 0.322 e. The summed E-state index contributed by atoms with van der Waals surface area (Å²) >= 11 is 0. The molecule has 4 aliphatic rings. The van der Waals surface area contributed by atoms with E-state index in [1.807, 2.05) is 6.07 Å². The van der Waals surface area contributed by atoms with Gasteiger partial charge in [0.25, 0.3) is 0 Å². The molecule has 1 spiro atoms. The van der Waals surface area contributed by atoms with Gasteiger partial charge < -0.3 is 26.0 Å². The summed E-state index contributed by atoms with van der Waals surface area (Å²) in [6.45, 7) is 5.07. The summed E-state index contributed by atoms with van der Waals surface area (Å²) in [6, 6.07) is 1.44. The summed E-state index contributed by atoms with van der Waals surface area (Å²) in [5.41, 5.74) is -0.493. The second-order valence-corrected chi connectivity index (χ2v) is 12.4. The van der Waals surface area contributed by atoms with E-state index in [1.165, 1.54) is 38.1 Å². The summed E-state index contributed by atoms with van der Waals surface area (Å²) in [6.07, 6.45) is 10.0. The Morgan fingerprint density at radius 2 is 1.85 bits per heavy atom. The monoisotopic (exact) mass is 557 g/mol. The number of hydrogen-bond acceptors (Lipinski definition) is 6. The highest BCUT2D eigenvalue weighted by atomic mass is 19.3. The number of amides is 2. The number of carbonyl (C=O) groups excluding carboxylic acids is 1. The lowest BCUT2D eigenvalue weighted by Crippen LogP contribution is -2.59. The van der Waals surface area contributed by atoms with E-state index in [0.29, 0.717) is 54.2 Å². The lowest BCUT2D eigenvalue weighted by atomic mass is 9.68. The number of carbonyl (C=O) groups is 1. The number of nitrogens with zero attached hydrogens (tertiary/aromatic N) is 3. The lowest BCUT2D eigenvalue weighted by Gasteiger charge is -2.49. The molecule has 0 radical (unpaired) electrons. The van der Waals surface area contributed by atoms with E-state index >= 15 is 0 Å². The summed E-state index contributed by atoms with van der Waals surface area (Å²) in [5.74, 6) is 0.408. The SMILES string of the molecule is C1CCC1.CC(C)CNc1cc(-c2[nH]ncc2NC(=O)N2CCC(C(F)F)(C3(O)CC3)CC23CC3)ncc1C=N. The number of aromatic amines is 1. The van der Waals surface area contributed by atoms with Gasteiger partial charge in [-0.25, -0.2) is 13.6 Å². The summed E-state index contributed by atoms with van der Waals surface area (Å²) < 4.78 is 28.4. The number of piperidine rings is 1. The van der Waals surface area contributed by atoms with Crippen LogP contribution in [-0.4, -0.2) is 68.1 Å². The number of rotatable bonds is 8. The predicted molar refractivity (Wildman–Crippen MR) is 151 cm³/mol. The molecular formula is C29H41F2N7O2. The number of likely N-dealkylation sites (tertiary alicyclic amines) is 1. The molecule has 1 unspecified atom stereocenters. The van der Waals surface area contributed by atoms with Crippen molar-refractivity contribution >= 4 is 23.6 Å². The zero-order valence-corrected chi connectivity index (χ0v) is 23.4. The topological polar surface area (TPSA) is 130 Å². The standard InChI is InChI=1S/C25H33F2N7O2.C4H8/c1-15(2)11-29-17-9-18(30-12-16(17)10-28)20-19(13-31-33-20)32-22(35)34-8-7-24(21(26)27,25(36)5-6-25)14-23(34)3-4-23;1-2-4-3-1/h9-10,12-13,15,21,28,36H,3-8,11,14H2,1-2H3,(H,29,30)(H,31,33)(H,32,35);1-4H2. The van der Waals surface area contributed by atoms with Gasteiger partial charge in [-0.2, -0.15) is 5.10 Å². The number of aliphatic hydroxyl groups is 1. The van der Waals surface area contributed by atoms with E-state index in [9.17, 15) is 18.7 Å². The molecule has 5 N–H and O–H groups in total. The number of anilines is 2. The average Bonchev–Trinajstić information content (AvgIpc) is 3.78. The molecule has 218 valence electrons. The summed E-state index contributed by atoms with van der Waals surface area (Å²) in [4.78, 5) is 19.5. The number of hydrogen-bond donors (Lipinski definition) is 5. The van der Waals surface area contributed by atoms with Crippen molar-refractivity contribution in [2.75, 3.05) is 23.7 Å². The fraction of sp³-hybridized carbons (Fsp3) is 0.655. The Bertz CT molecular complexity index is 1220. The smallest absolute Gasteiger partial charge is 0.322 e. The van der Waals surface area contributed by atoms with E-state index in [1.54, 1.807) is 11.1 Å². The third-order valence-corrected chi connectivity index (χ3v) is 9.07. The van der Waals surface area contributed by atoms with Gasteiger partial charge in [-0.3, -0.25) is 10.1 Å². The Morgan fingerprint density at radius 3 is 2.40 bits per heavy atom. The van der Waals surface area contributed by atoms with Crippen LogP contribution in [0.3, 0.4) is 0 Å². The molecule has 40 heavy (non-hydrogen) atoms. The molecule has 6 rings (SSSR count). The van der Waals surface area contributed by atoms with Gasteiger partial charge in [-0.15, -0.1) is 0 Å². The molecule has 1 atom stereocenters. The zero-order valence-electron chi connectivity index (χ0n) is 23.4. The number of nitrogens with one attached hydrogen (secondary N) is 4. The van der Waals surface area contributed by atoms with Crippen LogP contribution in [0.4, 0.5) is 25.0 Å². The van der Waals surface area contributed by atoms with Gasteiger partial charge in [0.05, 0.1) is 28.6 Å². The predicted octanol–water partition coefficient (Wildman–Crippen LogP) is 6.03. The van der Waals surface area contributed by atoms with Gasteiger partial charge >= 0.3 is 6.03 Å². The number of H-pyrrole nitrogens is 1. The highest BCUT2D eigenvalue weighted by Crippen LogP contribution is 2.65. The molecule has 9 nitrogen and oxygen atoms in total. The molecule has 11 heteroatoms. The van der Waals surface area contributed by atoms with Gasteiger partial charge in [0.15, 0.2) is 0 Å². The normalized spacial score (nSPS) is 23.7. The minimum Gasteiger partial charge on any atom is -0.389 e. The zero-order chi connectivity index (χ0) is 28.5. The van der Waals surface area contributed by atoms with Gasteiger partial charge in [0.1, 0.15) is 5.69 Å². The van der Waals surface area contributed by atoms with Crippen molar-refractivity contribution < 1.29 is 18.7 Å². The van der Waals surface area contributed by atoms with Gasteiger partial charge in [-0.05, 0) is 50.5 Å². The first-order valence-corrected chi connectivity index (χ1v) is 14.5. The lowest BCUT2D eigenvalue weighted by molar-refractivity contribution is -0.145. The van der Waals surface area contributed by atoms with Gasteiger partial charge in [-0.1, -0.05) is 39.5 Å². The van der Waals surface area contributed by atoms with Crippen molar-refractivity contribution in [2.24, 2.45) is 11.3 Å². The molecular weight excluding hydrogens is 516 g/mol. The summed E-state index contributed by atoms with van der Waals surface area (Å²) in [5, 5.41) is 31.6. The fourth-order valence-corrected chi connectivity index (χ4v) is 5.82. The van der Waals surface area contributed by atoms with Crippen molar-refractivity contribution in [3.8, 4) is 11.4 Å². The number of halogens is 2. The van der Waals surface area contributed by atoms with Crippen molar-refractivity contribution in [3.63, 3.8) is 0 Å². The first kappa shape index (κ1) is 28.4. The van der Waals surface area contributed by atoms with Crippen molar-refractivity contribution in [1.82, 2.24) is 20.1 Å². The van der Waals surface area contributed by atoms with Crippen LogP contribution in [0, 0.1) is 16.7 Å². The first-order valence-electron chi connectivity index (χ1n) is 14.5. The average molecular weight is 558 g/mol. The first-order chi connectivity index (χ1) is 19.1. The third kappa shape index (κ3) is 5.44. The fourth-order valence-electron chi connectivity index (χ4n) is 5.82. The van der Waals surface area contributed by atoms with Crippen LogP contribution in [0.15, 0.2) is 18.5 Å². The highest BCUT2D eigenvalue weighted by Gasteiger charge is 2.70. The molecule has 4 fully saturated rings. The largest absolute Gasteiger partial charge is 0.389 e. The molecule has 2 aromatic heterocycles. The number of aromatic nitrogens is 3. The third-order valence-electron chi connectivity index (χ3n) is 9.07. The van der Waals surface area contributed by atoms with Crippen LogP contribution in [0.1, 0.15) is 83.6 Å². The maximum absolute atomic E-state index is 14.2. The molecule has 3 heterocycles. The summed E-state index contributed by atoms with van der Waals surface area (Å²) in [7, 11) is 0. The van der Waals surface area contributed by atoms with Crippen molar-refractivity contribution in [1.29, 1.82) is 5.41 Å². The van der Waals surface area contributed by atoms with Crippen LogP contribution in [0.25, 0.3) is 11.4 Å². The second-order valence-electron chi connectivity index (χ2n) is 12.4. The minimum absolute atomic E-state index is 0.0755. The molecule has 2 amide bonds. The quantitative estimate of drug-likeness (QED) is 0.253. The Hall–Kier alpha value is -3.08. The minimum atomic E-state index is -2.62. The Balaban J connectivity index is 0.000000741. The van der Waals surface area contributed by atoms with E-state index in [4.69, 9.17) is 5.41 Å². The molecule has 0 bridgehead atoms. The number of urea groups is 1. The van der Waals surface area contributed by atoms with Crippen LogP contribution < -0.4 is 10.6 Å². The molecule has 3 saturated carbocycles. The van der Waals surface area contributed by atoms with Crippen molar-refractivity contribution in [2.45, 2.75) is 95.6 Å². The van der Waals surface area contributed by atoms with E-state index in [-0.39, 0.29) is 25.4 Å². The van der Waals surface area contributed by atoms with E-state index < -0.39 is 23.0 Å². The van der Waals surface area contributed by atoms with Crippen molar-refractivity contribution in [3.05, 3.63) is 24.0 Å². The van der Waals surface area contributed by atoms with Crippen LogP contribution in [0.2, 0.25) is 0 Å². The Labute approximate surface area is 234 Å². The molecule has 1 aliphatic heterocycles.